The van der Waals surface area contributed by atoms with Gasteiger partial charge >= 0.3 is 6.18 Å². The number of hydrogen-bond acceptors (Lipinski definition) is 4. The van der Waals surface area contributed by atoms with Crippen LogP contribution >= 0.6 is 23.2 Å². The fourth-order valence-corrected chi connectivity index (χ4v) is 6.22. The van der Waals surface area contributed by atoms with Crippen molar-refractivity contribution in [3.63, 3.8) is 0 Å². The van der Waals surface area contributed by atoms with Crippen LogP contribution < -0.4 is 16.0 Å². The predicted octanol–water partition coefficient (Wildman–Crippen LogP) is 6.80. The lowest BCUT2D eigenvalue weighted by atomic mass is 9.96. The maximum absolute atomic E-state index is 13.1. The minimum Gasteiger partial charge on any atom is -0.355 e. The van der Waals surface area contributed by atoms with Crippen LogP contribution in [0, 0.1) is 0 Å². The van der Waals surface area contributed by atoms with Crippen molar-refractivity contribution in [1.29, 1.82) is 0 Å². The summed E-state index contributed by atoms with van der Waals surface area (Å²) in [5.41, 5.74) is 0.965. The molecule has 2 aliphatic heterocycles. The Balaban J connectivity index is 1.14. The summed E-state index contributed by atoms with van der Waals surface area (Å²) in [4.78, 5) is 28.1. The van der Waals surface area contributed by atoms with Gasteiger partial charge in [-0.25, -0.2) is 0 Å². The summed E-state index contributed by atoms with van der Waals surface area (Å²) in [7, 11) is 0. The van der Waals surface area contributed by atoms with Crippen molar-refractivity contribution in [2.75, 3.05) is 11.9 Å². The van der Waals surface area contributed by atoms with E-state index >= 15 is 0 Å². The minimum atomic E-state index is -4.48. The molecular formula is C30H29Cl2F3N4O2. The molecule has 2 aliphatic rings. The zero-order valence-corrected chi connectivity index (χ0v) is 23.5. The summed E-state index contributed by atoms with van der Waals surface area (Å²) >= 11 is 12.4. The molecule has 0 saturated carbocycles. The van der Waals surface area contributed by atoms with Gasteiger partial charge in [0.25, 0.3) is 5.91 Å². The number of carbonyl (C=O) groups excluding carboxylic acids is 2. The third-order valence-corrected chi connectivity index (χ3v) is 8.25. The number of halogens is 5. The number of benzene rings is 3. The molecule has 5 rings (SSSR count). The SMILES string of the molecule is O=C(CNC(=O)c1ccccc1Nc1cccc(C(F)(F)F)c1)NC1CC2CCC(C1)N2Cc1ccc(Cl)cc1Cl. The van der Waals surface area contributed by atoms with E-state index in [0.717, 1.165) is 49.9 Å². The van der Waals surface area contributed by atoms with Crippen molar-refractivity contribution in [3.8, 4) is 0 Å². The molecule has 0 spiro atoms. The zero-order valence-electron chi connectivity index (χ0n) is 22.0. The lowest BCUT2D eigenvalue weighted by molar-refractivity contribution is -0.137. The van der Waals surface area contributed by atoms with E-state index in [9.17, 15) is 22.8 Å². The Labute approximate surface area is 246 Å². The van der Waals surface area contributed by atoms with Crippen LogP contribution in [0.2, 0.25) is 10.0 Å². The highest BCUT2D eigenvalue weighted by atomic mass is 35.5. The summed E-state index contributed by atoms with van der Waals surface area (Å²) in [6.07, 6.45) is -0.762. The maximum Gasteiger partial charge on any atom is 0.416 e. The number of carbonyl (C=O) groups is 2. The van der Waals surface area contributed by atoms with Gasteiger partial charge in [0.2, 0.25) is 5.91 Å². The van der Waals surface area contributed by atoms with Gasteiger partial charge in [0.1, 0.15) is 0 Å². The molecule has 11 heteroatoms. The van der Waals surface area contributed by atoms with Crippen LogP contribution in [-0.4, -0.2) is 41.4 Å². The molecule has 3 N–H and O–H groups in total. The fourth-order valence-electron chi connectivity index (χ4n) is 5.75. The molecule has 41 heavy (non-hydrogen) atoms. The summed E-state index contributed by atoms with van der Waals surface area (Å²) in [5.74, 6) is -0.801. The molecule has 0 aromatic heterocycles. The van der Waals surface area contributed by atoms with Crippen LogP contribution in [0.15, 0.2) is 66.7 Å². The number of anilines is 2. The molecular weight excluding hydrogens is 576 g/mol. The molecule has 0 radical (unpaired) electrons. The van der Waals surface area contributed by atoms with Crippen LogP contribution in [-0.2, 0) is 17.5 Å². The van der Waals surface area contributed by atoms with Crippen LogP contribution in [0.5, 0.6) is 0 Å². The van der Waals surface area contributed by atoms with E-state index in [1.807, 2.05) is 12.1 Å². The second kappa shape index (κ2) is 12.3. The lowest BCUT2D eigenvalue weighted by Crippen LogP contribution is -2.51. The zero-order chi connectivity index (χ0) is 29.1. The molecule has 216 valence electrons. The van der Waals surface area contributed by atoms with Crippen LogP contribution in [0.4, 0.5) is 24.5 Å². The summed E-state index contributed by atoms with van der Waals surface area (Å²) < 4.78 is 39.3. The Morgan fingerprint density at radius 3 is 2.37 bits per heavy atom. The first-order chi connectivity index (χ1) is 19.6. The Morgan fingerprint density at radius 1 is 0.927 bits per heavy atom. The van der Waals surface area contributed by atoms with E-state index < -0.39 is 17.6 Å². The monoisotopic (exact) mass is 604 g/mol. The van der Waals surface area contributed by atoms with Gasteiger partial charge in [0, 0.05) is 40.4 Å². The van der Waals surface area contributed by atoms with Gasteiger partial charge in [-0.3, -0.25) is 14.5 Å². The van der Waals surface area contributed by atoms with Gasteiger partial charge in [-0.15, -0.1) is 0 Å². The first kappa shape index (κ1) is 29.2. The van der Waals surface area contributed by atoms with Gasteiger partial charge in [0.05, 0.1) is 23.4 Å². The van der Waals surface area contributed by atoms with E-state index in [1.165, 1.54) is 12.1 Å². The predicted molar refractivity (Wildman–Crippen MR) is 153 cm³/mol. The largest absolute Gasteiger partial charge is 0.416 e. The molecule has 2 bridgehead atoms. The Hall–Kier alpha value is -3.27. The van der Waals surface area contributed by atoms with E-state index in [1.54, 1.807) is 30.3 Å². The Morgan fingerprint density at radius 2 is 1.66 bits per heavy atom. The quantitative estimate of drug-likeness (QED) is 0.264. The normalized spacial score (nSPS) is 20.5. The molecule has 6 nitrogen and oxygen atoms in total. The fraction of sp³-hybridized carbons (Fsp3) is 0.333. The topological polar surface area (TPSA) is 73.5 Å². The van der Waals surface area contributed by atoms with Gasteiger partial charge < -0.3 is 16.0 Å². The van der Waals surface area contributed by atoms with E-state index in [2.05, 4.69) is 20.9 Å². The smallest absolute Gasteiger partial charge is 0.355 e. The second-order valence-electron chi connectivity index (χ2n) is 10.5. The minimum absolute atomic E-state index is 0.00343. The summed E-state index contributed by atoms with van der Waals surface area (Å²) in [5, 5.41) is 9.83. The average Bonchev–Trinajstić information content (AvgIpc) is 3.15. The number of hydrogen-bond donors (Lipinski definition) is 3. The number of nitrogens with one attached hydrogen (secondary N) is 3. The highest BCUT2D eigenvalue weighted by molar-refractivity contribution is 6.35. The number of nitrogens with zero attached hydrogens (tertiary/aromatic N) is 1. The molecule has 3 aromatic rings. The number of amides is 2. The highest BCUT2D eigenvalue weighted by Crippen LogP contribution is 2.38. The van der Waals surface area contributed by atoms with Crippen LogP contribution in [0.3, 0.4) is 0 Å². The van der Waals surface area contributed by atoms with Crippen molar-refractivity contribution in [2.24, 2.45) is 0 Å². The van der Waals surface area contributed by atoms with E-state index in [4.69, 9.17) is 23.2 Å². The first-order valence-electron chi connectivity index (χ1n) is 13.4. The number of para-hydroxylation sites is 1. The molecule has 2 fully saturated rings. The molecule has 2 heterocycles. The Bertz CT molecular complexity index is 1420. The first-order valence-corrected chi connectivity index (χ1v) is 14.1. The molecule has 2 saturated heterocycles. The van der Waals surface area contributed by atoms with Gasteiger partial charge in [-0.1, -0.05) is 47.5 Å². The van der Waals surface area contributed by atoms with Crippen LogP contribution in [0.25, 0.3) is 0 Å². The van der Waals surface area contributed by atoms with Crippen molar-refractivity contribution in [2.45, 2.75) is 56.5 Å². The van der Waals surface area contributed by atoms with Gasteiger partial charge in [0.15, 0.2) is 0 Å². The molecule has 2 atom stereocenters. The van der Waals surface area contributed by atoms with E-state index in [-0.39, 0.29) is 29.7 Å². The van der Waals surface area contributed by atoms with Crippen molar-refractivity contribution in [1.82, 2.24) is 15.5 Å². The van der Waals surface area contributed by atoms with Crippen molar-refractivity contribution in [3.05, 3.63) is 93.5 Å². The number of fused-ring (bicyclic) bond motifs is 2. The second-order valence-corrected chi connectivity index (χ2v) is 11.3. The standard InChI is InChI=1S/C30H29Cl2F3N4O2/c31-20-9-8-18(26(32)13-20)17-39-23-10-11-24(39)15-22(14-23)38-28(40)16-36-29(41)25-6-1-2-7-27(25)37-21-5-3-4-19(12-21)30(33,34)35/h1-9,12-13,22-24,37H,10-11,14-17H2,(H,36,41)(H,38,40). The van der Waals surface area contributed by atoms with E-state index in [0.29, 0.717) is 27.8 Å². The average molecular weight is 605 g/mol. The highest BCUT2D eigenvalue weighted by Gasteiger charge is 2.41. The Kier molecular flexibility index (Phi) is 8.77. The van der Waals surface area contributed by atoms with Crippen LogP contribution in [0.1, 0.15) is 47.2 Å². The molecule has 2 unspecified atom stereocenters. The molecule has 3 aromatic carbocycles. The maximum atomic E-state index is 13.1. The number of rotatable bonds is 8. The van der Waals surface area contributed by atoms with Crippen molar-refractivity contribution >= 4 is 46.4 Å². The summed E-state index contributed by atoms with van der Waals surface area (Å²) in [6, 6.07) is 17.4. The number of alkyl halides is 3. The van der Waals surface area contributed by atoms with Crippen molar-refractivity contribution < 1.29 is 22.8 Å². The molecule has 0 aliphatic carbocycles. The number of piperidine rings is 1. The summed E-state index contributed by atoms with van der Waals surface area (Å²) in [6.45, 7) is 0.517. The third kappa shape index (κ3) is 7.15. The lowest BCUT2D eigenvalue weighted by Gasteiger charge is -2.39. The van der Waals surface area contributed by atoms with Gasteiger partial charge in [-0.2, -0.15) is 13.2 Å². The van der Waals surface area contributed by atoms with Gasteiger partial charge in [-0.05, 0) is 73.7 Å². The third-order valence-electron chi connectivity index (χ3n) is 7.67. The molecule has 2 amide bonds.